The van der Waals surface area contributed by atoms with Gasteiger partial charge in [-0.2, -0.15) is 5.10 Å². The molecule has 17 heavy (non-hydrogen) atoms. The van der Waals surface area contributed by atoms with Gasteiger partial charge in [-0.1, -0.05) is 6.92 Å². The normalized spacial score (nSPS) is 28.8. The molecule has 0 aromatic carbocycles. The second-order valence-electron chi connectivity index (χ2n) is 5.15. The number of aryl methyl sites for hydroxylation is 1. The first-order valence-corrected chi connectivity index (χ1v) is 6.52. The molecule has 1 aliphatic rings. The summed E-state index contributed by atoms with van der Waals surface area (Å²) >= 11 is 0. The Morgan fingerprint density at radius 3 is 3.12 bits per heavy atom. The van der Waals surface area contributed by atoms with Crippen molar-refractivity contribution in [2.45, 2.75) is 58.3 Å². The molecule has 1 aromatic heterocycles. The molecule has 0 radical (unpaired) electrons. The second-order valence-corrected chi connectivity index (χ2v) is 5.15. The van der Waals surface area contributed by atoms with Crippen molar-refractivity contribution in [2.75, 3.05) is 6.61 Å². The van der Waals surface area contributed by atoms with E-state index in [1.807, 2.05) is 10.9 Å². The number of hydrogen-bond donors (Lipinski definition) is 1. The summed E-state index contributed by atoms with van der Waals surface area (Å²) in [6.07, 6.45) is 6.56. The van der Waals surface area contributed by atoms with Crippen LogP contribution in [-0.2, 0) is 17.8 Å². The molecule has 1 saturated heterocycles. The summed E-state index contributed by atoms with van der Waals surface area (Å²) in [5, 5.41) is 7.94. The maximum absolute atomic E-state index is 5.62. The molecule has 2 atom stereocenters. The molecule has 0 amide bonds. The monoisotopic (exact) mass is 237 g/mol. The van der Waals surface area contributed by atoms with E-state index < -0.39 is 0 Å². The Balaban J connectivity index is 1.88. The molecule has 0 aliphatic carbocycles. The Kier molecular flexibility index (Phi) is 3.84. The van der Waals surface area contributed by atoms with Gasteiger partial charge < -0.3 is 10.1 Å². The number of aromatic nitrogens is 2. The third-order valence-electron chi connectivity index (χ3n) is 3.72. The van der Waals surface area contributed by atoms with Crippen molar-refractivity contribution >= 4 is 0 Å². The molecule has 4 nitrogen and oxygen atoms in total. The fourth-order valence-electron chi connectivity index (χ4n) is 2.22. The van der Waals surface area contributed by atoms with Crippen LogP contribution >= 0.6 is 0 Å². The lowest BCUT2D eigenvalue weighted by Crippen LogP contribution is -2.47. The average molecular weight is 237 g/mol. The van der Waals surface area contributed by atoms with E-state index in [4.69, 9.17) is 4.74 Å². The van der Waals surface area contributed by atoms with Gasteiger partial charge in [-0.25, -0.2) is 0 Å². The molecule has 2 heterocycles. The van der Waals surface area contributed by atoms with Crippen molar-refractivity contribution in [3.8, 4) is 0 Å². The van der Waals surface area contributed by atoms with E-state index in [0.29, 0.717) is 0 Å². The van der Waals surface area contributed by atoms with Crippen molar-refractivity contribution in [1.29, 1.82) is 0 Å². The highest BCUT2D eigenvalue weighted by molar-refractivity contribution is 5.05. The van der Waals surface area contributed by atoms with Crippen molar-refractivity contribution in [2.24, 2.45) is 0 Å². The van der Waals surface area contributed by atoms with Gasteiger partial charge in [0.05, 0.1) is 12.3 Å². The fraction of sp³-hybridized carbons (Fsp3) is 0.769. The van der Waals surface area contributed by atoms with Gasteiger partial charge in [0.2, 0.25) is 0 Å². The highest BCUT2D eigenvalue weighted by atomic mass is 16.5. The summed E-state index contributed by atoms with van der Waals surface area (Å²) in [4.78, 5) is 0. The minimum absolute atomic E-state index is 0.104. The summed E-state index contributed by atoms with van der Waals surface area (Å²) in [6.45, 7) is 9.27. The van der Waals surface area contributed by atoms with E-state index >= 15 is 0 Å². The zero-order valence-electron chi connectivity index (χ0n) is 11.1. The molecule has 0 spiro atoms. The minimum atomic E-state index is 0.104. The van der Waals surface area contributed by atoms with E-state index in [2.05, 4.69) is 37.4 Å². The quantitative estimate of drug-likeness (QED) is 0.850. The summed E-state index contributed by atoms with van der Waals surface area (Å²) < 4.78 is 7.63. The molecule has 1 fully saturated rings. The second kappa shape index (κ2) is 5.19. The molecule has 0 saturated carbocycles. The Labute approximate surface area is 103 Å². The Morgan fingerprint density at radius 2 is 2.47 bits per heavy atom. The average Bonchev–Trinajstić information content (AvgIpc) is 2.86. The summed E-state index contributed by atoms with van der Waals surface area (Å²) in [6, 6.07) is 0. The van der Waals surface area contributed by atoms with Gasteiger partial charge in [0.25, 0.3) is 0 Å². The molecule has 2 unspecified atom stereocenters. The molecule has 1 aromatic rings. The van der Waals surface area contributed by atoms with E-state index in [1.165, 1.54) is 5.56 Å². The highest BCUT2D eigenvalue weighted by Gasteiger charge is 2.36. The van der Waals surface area contributed by atoms with Gasteiger partial charge in [0, 0.05) is 37.0 Å². The lowest BCUT2D eigenvalue weighted by atomic mass is 9.94. The van der Waals surface area contributed by atoms with Crippen molar-refractivity contribution < 1.29 is 4.74 Å². The maximum atomic E-state index is 5.62. The first kappa shape index (κ1) is 12.6. The molecule has 1 aliphatic heterocycles. The van der Waals surface area contributed by atoms with Crippen molar-refractivity contribution in [3.63, 3.8) is 0 Å². The number of nitrogens with one attached hydrogen (secondary N) is 1. The molecular formula is C13H23N3O. The molecule has 2 rings (SSSR count). The zero-order valence-corrected chi connectivity index (χ0v) is 11.1. The van der Waals surface area contributed by atoms with Gasteiger partial charge in [-0.15, -0.1) is 0 Å². The number of nitrogens with zero attached hydrogens (tertiary/aromatic N) is 2. The first-order valence-electron chi connectivity index (χ1n) is 6.52. The maximum Gasteiger partial charge on any atom is 0.0726 e. The van der Waals surface area contributed by atoms with Gasteiger partial charge in [-0.05, 0) is 26.7 Å². The van der Waals surface area contributed by atoms with Gasteiger partial charge in [0.15, 0.2) is 0 Å². The highest BCUT2D eigenvalue weighted by Crippen LogP contribution is 2.25. The topological polar surface area (TPSA) is 39.1 Å². The van der Waals surface area contributed by atoms with Crippen LogP contribution in [0.2, 0.25) is 0 Å². The molecule has 0 bridgehead atoms. The van der Waals surface area contributed by atoms with Crippen LogP contribution in [0.25, 0.3) is 0 Å². The Morgan fingerprint density at radius 1 is 1.65 bits per heavy atom. The SMILES string of the molecule is CCCn1cc(CNC2(C)CCOC2C)cn1. The van der Waals surface area contributed by atoms with Crippen LogP contribution < -0.4 is 5.32 Å². The number of ether oxygens (including phenoxy) is 1. The summed E-state index contributed by atoms with van der Waals surface area (Å²) in [5.74, 6) is 0. The predicted octanol–water partition coefficient (Wildman–Crippen LogP) is 1.95. The minimum Gasteiger partial charge on any atom is -0.377 e. The van der Waals surface area contributed by atoms with Gasteiger partial charge in [-0.3, -0.25) is 4.68 Å². The number of hydrogen-bond acceptors (Lipinski definition) is 3. The van der Waals surface area contributed by atoms with Crippen molar-refractivity contribution in [1.82, 2.24) is 15.1 Å². The van der Waals surface area contributed by atoms with Crippen LogP contribution in [0.15, 0.2) is 12.4 Å². The Hall–Kier alpha value is -0.870. The first-order chi connectivity index (χ1) is 8.14. The van der Waals surface area contributed by atoms with E-state index in [1.54, 1.807) is 0 Å². The third-order valence-corrected chi connectivity index (χ3v) is 3.72. The Bertz CT molecular complexity index is 363. The van der Waals surface area contributed by atoms with E-state index in [9.17, 15) is 0 Å². The fourth-order valence-corrected chi connectivity index (χ4v) is 2.22. The lowest BCUT2D eigenvalue weighted by molar-refractivity contribution is 0.0881. The predicted molar refractivity (Wildman–Crippen MR) is 67.8 cm³/mol. The standard InChI is InChI=1S/C13H23N3O/c1-4-6-16-10-12(9-15-16)8-14-13(3)5-7-17-11(13)2/h9-11,14H,4-8H2,1-3H3. The van der Waals surface area contributed by atoms with E-state index in [-0.39, 0.29) is 11.6 Å². The van der Waals surface area contributed by atoms with E-state index in [0.717, 1.165) is 32.5 Å². The van der Waals surface area contributed by atoms with Crippen LogP contribution in [0, 0.1) is 0 Å². The largest absolute Gasteiger partial charge is 0.377 e. The molecule has 96 valence electrons. The molecule has 4 heteroatoms. The van der Waals surface area contributed by atoms with Crippen LogP contribution in [0.1, 0.15) is 39.2 Å². The molecule has 1 N–H and O–H groups in total. The third kappa shape index (κ3) is 2.87. The van der Waals surface area contributed by atoms with Gasteiger partial charge in [0.1, 0.15) is 0 Å². The van der Waals surface area contributed by atoms with Crippen molar-refractivity contribution in [3.05, 3.63) is 18.0 Å². The van der Waals surface area contributed by atoms with Crippen LogP contribution in [0.5, 0.6) is 0 Å². The van der Waals surface area contributed by atoms with Crippen LogP contribution in [0.3, 0.4) is 0 Å². The summed E-state index contributed by atoms with van der Waals surface area (Å²) in [5.41, 5.74) is 1.35. The molecular weight excluding hydrogens is 214 g/mol. The number of rotatable bonds is 5. The zero-order chi connectivity index (χ0) is 12.3. The summed E-state index contributed by atoms with van der Waals surface area (Å²) in [7, 11) is 0. The van der Waals surface area contributed by atoms with Gasteiger partial charge >= 0.3 is 0 Å². The van der Waals surface area contributed by atoms with Crippen LogP contribution in [0.4, 0.5) is 0 Å². The smallest absolute Gasteiger partial charge is 0.0726 e. The van der Waals surface area contributed by atoms with Crippen LogP contribution in [-0.4, -0.2) is 28.0 Å². The lowest BCUT2D eigenvalue weighted by Gasteiger charge is -2.28.